The molecule has 0 spiro atoms. The summed E-state index contributed by atoms with van der Waals surface area (Å²) in [4.78, 5) is 28.4. The van der Waals surface area contributed by atoms with Crippen molar-refractivity contribution >= 4 is 17.5 Å². The topological polar surface area (TPSA) is 75.9 Å². The molecule has 2 N–H and O–H groups in total. The van der Waals surface area contributed by atoms with E-state index in [4.69, 9.17) is 10.5 Å². The van der Waals surface area contributed by atoms with Crippen LogP contribution in [0.15, 0.2) is 54.6 Å². The second-order valence-electron chi connectivity index (χ2n) is 6.27. The molecule has 1 atom stereocenters. The van der Waals surface area contributed by atoms with Crippen LogP contribution >= 0.6 is 0 Å². The minimum absolute atomic E-state index is 0.0272. The summed E-state index contributed by atoms with van der Waals surface area (Å²) in [6.07, 6.45) is 0.459. The number of methoxy groups -OCH3 is 1. The molecule has 6 nitrogen and oxygen atoms in total. The number of nitrogens with two attached hydrogens (primary N) is 1. The lowest BCUT2D eigenvalue weighted by molar-refractivity contribution is -0.137. The molecule has 6 heteroatoms. The highest BCUT2D eigenvalue weighted by Crippen LogP contribution is 2.28. The molecule has 0 aliphatic carbocycles. The van der Waals surface area contributed by atoms with Crippen molar-refractivity contribution in [3.8, 4) is 5.75 Å². The van der Waals surface area contributed by atoms with E-state index in [0.717, 1.165) is 11.3 Å². The molecule has 1 saturated heterocycles. The number of amides is 2. The van der Waals surface area contributed by atoms with Crippen molar-refractivity contribution in [2.45, 2.75) is 12.5 Å². The molecule has 2 aromatic rings. The van der Waals surface area contributed by atoms with Gasteiger partial charge < -0.3 is 20.3 Å². The van der Waals surface area contributed by atoms with E-state index in [2.05, 4.69) is 0 Å². The summed E-state index contributed by atoms with van der Waals surface area (Å²) in [6, 6.07) is 16.4. The fraction of sp³-hybridized carbons (Fsp3) is 0.300. The lowest BCUT2D eigenvalue weighted by Gasteiger charge is -2.35. The molecule has 1 aliphatic rings. The van der Waals surface area contributed by atoms with Crippen molar-refractivity contribution in [2.75, 3.05) is 31.6 Å². The Balaban J connectivity index is 1.64. The van der Waals surface area contributed by atoms with E-state index in [-0.39, 0.29) is 18.4 Å². The van der Waals surface area contributed by atoms with Crippen molar-refractivity contribution in [3.05, 3.63) is 60.2 Å². The molecular weight excluding hydrogens is 330 g/mol. The summed E-state index contributed by atoms with van der Waals surface area (Å²) >= 11 is 0. The number of benzene rings is 2. The van der Waals surface area contributed by atoms with Crippen LogP contribution in [-0.2, 0) is 16.0 Å². The number of rotatable bonds is 5. The summed E-state index contributed by atoms with van der Waals surface area (Å²) in [7, 11) is 1.58. The van der Waals surface area contributed by atoms with Crippen LogP contribution < -0.4 is 15.4 Å². The zero-order valence-corrected chi connectivity index (χ0v) is 14.8. The van der Waals surface area contributed by atoms with Crippen molar-refractivity contribution in [1.29, 1.82) is 0 Å². The second-order valence-corrected chi connectivity index (χ2v) is 6.27. The molecule has 0 radical (unpaired) electrons. The quantitative estimate of drug-likeness (QED) is 0.883. The number of anilines is 1. The maximum absolute atomic E-state index is 12.6. The lowest BCUT2D eigenvalue weighted by Crippen LogP contribution is -2.56. The van der Waals surface area contributed by atoms with Crippen LogP contribution in [0.25, 0.3) is 0 Å². The van der Waals surface area contributed by atoms with Crippen LogP contribution in [0.3, 0.4) is 0 Å². The smallest absolute Gasteiger partial charge is 0.246 e. The molecule has 1 aliphatic heterocycles. The Hall–Kier alpha value is -2.86. The zero-order chi connectivity index (χ0) is 18.5. The highest BCUT2D eigenvalue weighted by molar-refractivity contribution is 5.99. The molecule has 2 aromatic carbocycles. The van der Waals surface area contributed by atoms with Gasteiger partial charge in [-0.1, -0.05) is 42.5 Å². The van der Waals surface area contributed by atoms with Gasteiger partial charge in [0.25, 0.3) is 0 Å². The van der Waals surface area contributed by atoms with Crippen LogP contribution in [0.2, 0.25) is 0 Å². The fourth-order valence-corrected chi connectivity index (χ4v) is 3.16. The molecule has 2 amide bonds. The normalized spacial score (nSPS) is 15.7. The number of hydrogen-bond donors (Lipinski definition) is 1. The van der Waals surface area contributed by atoms with Crippen molar-refractivity contribution < 1.29 is 14.3 Å². The van der Waals surface area contributed by atoms with E-state index in [1.165, 1.54) is 0 Å². The van der Waals surface area contributed by atoms with Gasteiger partial charge in [0.2, 0.25) is 11.8 Å². The third-order valence-electron chi connectivity index (χ3n) is 4.52. The third kappa shape index (κ3) is 3.86. The first-order valence-corrected chi connectivity index (χ1v) is 8.62. The summed E-state index contributed by atoms with van der Waals surface area (Å²) < 4.78 is 5.33. The molecule has 0 saturated carbocycles. The third-order valence-corrected chi connectivity index (χ3v) is 4.52. The number of nitrogens with zero attached hydrogens (tertiary/aromatic N) is 2. The van der Waals surface area contributed by atoms with Crippen LogP contribution in [0.4, 0.5) is 5.69 Å². The van der Waals surface area contributed by atoms with E-state index >= 15 is 0 Å². The van der Waals surface area contributed by atoms with Gasteiger partial charge in [0.05, 0.1) is 18.8 Å². The van der Waals surface area contributed by atoms with Crippen LogP contribution in [0, 0.1) is 0 Å². The van der Waals surface area contributed by atoms with E-state index in [1.807, 2.05) is 54.6 Å². The Morgan fingerprint density at radius 1 is 1.12 bits per heavy atom. The van der Waals surface area contributed by atoms with Gasteiger partial charge in [0, 0.05) is 13.1 Å². The molecule has 1 fully saturated rings. The maximum Gasteiger partial charge on any atom is 0.246 e. The Labute approximate surface area is 153 Å². The van der Waals surface area contributed by atoms with E-state index in [1.54, 1.807) is 16.9 Å². The van der Waals surface area contributed by atoms with Gasteiger partial charge in [-0.2, -0.15) is 0 Å². The van der Waals surface area contributed by atoms with Crippen LogP contribution in [-0.4, -0.2) is 49.5 Å². The highest BCUT2D eigenvalue weighted by atomic mass is 16.5. The molecule has 26 heavy (non-hydrogen) atoms. The first-order chi connectivity index (χ1) is 12.6. The summed E-state index contributed by atoms with van der Waals surface area (Å²) in [5.74, 6) is 0.310. The van der Waals surface area contributed by atoms with Gasteiger partial charge in [0.15, 0.2) is 0 Å². The van der Waals surface area contributed by atoms with Crippen molar-refractivity contribution in [1.82, 2.24) is 4.90 Å². The van der Waals surface area contributed by atoms with Crippen LogP contribution in [0.1, 0.15) is 5.56 Å². The summed E-state index contributed by atoms with van der Waals surface area (Å²) in [5.41, 5.74) is 7.81. The minimum atomic E-state index is -0.650. The van der Waals surface area contributed by atoms with Crippen molar-refractivity contribution in [2.24, 2.45) is 5.73 Å². The number of carbonyl (C=O) groups is 2. The first-order valence-electron chi connectivity index (χ1n) is 8.62. The minimum Gasteiger partial charge on any atom is -0.495 e. The number of para-hydroxylation sites is 2. The fourth-order valence-electron chi connectivity index (χ4n) is 3.16. The summed E-state index contributed by atoms with van der Waals surface area (Å²) in [6.45, 7) is 0.896. The predicted octanol–water partition coefficient (Wildman–Crippen LogP) is 1.44. The largest absolute Gasteiger partial charge is 0.495 e. The SMILES string of the molecule is COc1ccccc1N1CCN(C(=O)[C@@H](N)Cc2ccccc2)CC1=O. The first kappa shape index (κ1) is 17.9. The molecule has 0 aromatic heterocycles. The number of hydrogen-bond acceptors (Lipinski definition) is 4. The molecule has 0 bridgehead atoms. The average Bonchev–Trinajstić information content (AvgIpc) is 2.68. The molecular formula is C20H23N3O3. The Kier molecular flexibility index (Phi) is 5.53. The molecule has 0 unspecified atom stereocenters. The molecule has 136 valence electrons. The zero-order valence-electron chi connectivity index (χ0n) is 14.8. The molecule has 3 rings (SSSR count). The molecule has 1 heterocycles. The van der Waals surface area contributed by atoms with Gasteiger partial charge in [-0.15, -0.1) is 0 Å². The maximum atomic E-state index is 12.6. The second kappa shape index (κ2) is 8.01. The van der Waals surface area contributed by atoms with Gasteiger partial charge >= 0.3 is 0 Å². The van der Waals surface area contributed by atoms with E-state index in [9.17, 15) is 9.59 Å². The number of piperazine rings is 1. The van der Waals surface area contributed by atoms with Gasteiger partial charge in [-0.05, 0) is 24.1 Å². The van der Waals surface area contributed by atoms with Gasteiger partial charge in [0.1, 0.15) is 12.3 Å². The van der Waals surface area contributed by atoms with Gasteiger partial charge in [-0.25, -0.2) is 0 Å². The Morgan fingerprint density at radius 3 is 2.50 bits per heavy atom. The van der Waals surface area contributed by atoms with Crippen LogP contribution in [0.5, 0.6) is 5.75 Å². The van der Waals surface area contributed by atoms with E-state index in [0.29, 0.717) is 25.3 Å². The standard InChI is InChI=1S/C20H23N3O3/c1-26-18-10-6-5-9-17(18)23-12-11-22(14-19(23)24)20(25)16(21)13-15-7-3-2-4-8-15/h2-10,16H,11-14,21H2,1H3/t16-/m0/s1. The summed E-state index contributed by atoms with van der Waals surface area (Å²) in [5, 5.41) is 0. The number of carbonyl (C=O) groups excluding carboxylic acids is 2. The lowest BCUT2D eigenvalue weighted by atomic mass is 10.1. The van der Waals surface area contributed by atoms with Crippen molar-refractivity contribution in [3.63, 3.8) is 0 Å². The highest BCUT2D eigenvalue weighted by Gasteiger charge is 2.31. The van der Waals surface area contributed by atoms with E-state index < -0.39 is 6.04 Å². The predicted molar refractivity (Wildman–Crippen MR) is 100 cm³/mol. The monoisotopic (exact) mass is 353 g/mol. The number of ether oxygens (including phenoxy) is 1. The van der Waals surface area contributed by atoms with Gasteiger partial charge in [-0.3, -0.25) is 9.59 Å². The Morgan fingerprint density at radius 2 is 1.81 bits per heavy atom. The average molecular weight is 353 g/mol. The Bertz CT molecular complexity index is 779.